The van der Waals surface area contributed by atoms with Gasteiger partial charge in [0, 0.05) is 15.8 Å². The second-order valence-electron chi connectivity index (χ2n) is 5.30. The van der Waals surface area contributed by atoms with Gasteiger partial charge < -0.3 is 5.73 Å². The molecule has 0 spiro atoms. The van der Waals surface area contributed by atoms with Crippen molar-refractivity contribution >= 4 is 11.8 Å². The molecule has 0 aliphatic rings. The van der Waals surface area contributed by atoms with Gasteiger partial charge in [-0.1, -0.05) is 43.8 Å². The van der Waals surface area contributed by atoms with Crippen molar-refractivity contribution in [2.75, 3.05) is 0 Å². The van der Waals surface area contributed by atoms with Gasteiger partial charge in [-0.3, -0.25) is 0 Å². The Bertz CT molecular complexity index is 576. The van der Waals surface area contributed by atoms with Crippen molar-refractivity contribution in [1.82, 2.24) is 0 Å². The lowest BCUT2D eigenvalue weighted by Crippen LogP contribution is -2.05. The molecule has 0 aromatic heterocycles. The van der Waals surface area contributed by atoms with Crippen LogP contribution in [0.1, 0.15) is 43.9 Å². The molecule has 0 radical (unpaired) electrons. The van der Waals surface area contributed by atoms with E-state index in [1.807, 2.05) is 25.1 Å². The molecule has 0 heterocycles. The van der Waals surface area contributed by atoms with E-state index >= 15 is 0 Å². The summed E-state index contributed by atoms with van der Waals surface area (Å²) < 4.78 is 14.0. The molecule has 3 heteroatoms. The van der Waals surface area contributed by atoms with Crippen LogP contribution in [0.3, 0.4) is 0 Å². The minimum Gasteiger partial charge on any atom is -0.324 e. The number of hydrogen-bond acceptors (Lipinski definition) is 2. The topological polar surface area (TPSA) is 26.0 Å². The summed E-state index contributed by atoms with van der Waals surface area (Å²) in [6.45, 7) is 6.18. The lowest BCUT2D eigenvalue weighted by Gasteiger charge is -2.09. The monoisotopic (exact) mass is 289 g/mol. The first kappa shape index (κ1) is 15.1. The summed E-state index contributed by atoms with van der Waals surface area (Å²) in [7, 11) is 0. The van der Waals surface area contributed by atoms with Gasteiger partial charge in [0.2, 0.25) is 0 Å². The minimum atomic E-state index is -0.210. The largest absolute Gasteiger partial charge is 0.324 e. The van der Waals surface area contributed by atoms with Crippen LogP contribution in [0.2, 0.25) is 0 Å². The van der Waals surface area contributed by atoms with E-state index < -0.39 is 0 Å². The van der Waals surface area contributed by atoms with E-state index in [2.05, 4.69) is 26.0 Å². The molecule has 0 aliphatic heterocycles. The molecule has 1 atom stereocenters. The van der Waals surface area contributed by atoms with E-state index in [1.165, 1.54) is 23.4 Å². The Morgan fingerprint density at radius 1 is 0.950 bits per heavy atom. The van der Waals surface area contributed by atoms with Crippen molar-refractivity contribution in [3.63, 3.8) is 0 Å². The molecule has 0 aliphatic carbocycles. The standard InChI is InChI=1S/C17H20FNS/c1-11(2)13-4-7-15(8-5-13)20-17-9-6-14(12(3)19)10-16(17)18/h4-12H,19H2,1-3H3/t12-/m1/s1. The van der Waals surface area contributed by atoms with E-state index in [0.717, 1.165) is 10.5 Å². The van der Waals surface area contributed by atoms with Gasteiger partial charge in [0.15, 0.2) is 0 Å². The molecule has 1 nitrogen and oxygen atoms in total. The average molecular weight is 289 g/mol. The highest BCUT2D eigenvalue weighted by Crippen LogP contribution is 2.31. The summed E-state index contributed by atoms with van der Waals surface area (Å²) in [5, 5.41) is 0. The highest BCUT2D eigenvalue weighted by molar-refractivity contribution is 7.99. The fraction of sp³-hybridized carbons (Fsp3) is 0.294. The highest BCUT2D eigenvalue weighted by Gasteiger charge is 2.08. The molecule has 2 aromatic rings. The Labute approximate surface area is 124 Å². The SMILES string of the molecule is CC(C)c1ccc(Sc2ccc([C@@H](C)N)cc2F)cc1. The van der Waals surface area contributed by atoms with Crippen LogP contribution in [0.5, 0.6) is 0 Å². The quantitative estimate of drug-likeness (QED) is 0.845. The van der Waals surface area contributed by atoms with E-state index in [1.54, 1.807) is 6.07 Å². The van der Waals surface area contributed by atoms with Gasteiger partial charge >= 0.3 is 0 Å². The summed E-state index contributed by atoms with van der Waals surface area (Å²) >= 11 is 1.44. The van der Waals surface area contributed by atoms with Crippen LogP contribution in [-0.2, 0) is 0 Å². The molecule has 2 aromatic carbocycles. The molecular weight excluding hydrogens is 269 g/mol. The molecule has 0 saturated heterocycles. The maximum atomic E-state index is 14.0. The first-order valence-corrected chi connectivity index (χ1v) is 7.62. The summed E-state index contributed by atoms with van der Waals surface area (Å²) in [4.78, 5) is 1.67. The molecule has 20 heavy (non-hydrogen) atoms. The molecular formula is C17H20FNS. The Balaban J connectivity index is 2.17. The summed E-state index contributed by atoms with van der Waals surface area (Å²) in [5.41, 5.74) is 7.87. The van der Waals surface area contributed by atoms with E-state index in [0.29, 0.717) is 10.8 Å². The second kappa shape index (κ2) is 6.42. The Kier molecular flexibility index (Phi) is 4.84. The fourth-order valence-electron chi connectivity index (χ4n) is 1.93. The fourth-order valence-corrected chi connectivity index (χ4v) is 2.75. The van der Waals surface area contributed by atoms with E-state index in [4.69, 9.17) is 5.73 Å². The first-order chi connectivity index (χ1) is 9.47. The third kappa shape index (κ3) is 3.62. The highest BCUT2D eigenvalue weighted by atomic mass is 32.2. The maximum Gasteiger partial charge on any atom is 0.137 e. The van der Waals surface area contributed by atoms with Gasteiger partial charge in [-0.05, 0) is 48.2 Å². The van der Waals surface area contributed by atoms with Gasteiger partial charge in [-0.15, -0.1) is 0 Å². The lowest BCUT2D eigenvalue weighted by atomic mass is 10.0. The van der Waals surface area contributed by atoms with Gasteiger partial charge in [0.1, 0.15) is 5.82 Å². The lowest BCUT2D eigenvalue weighted by molar-refractivity contribution is 0.596. The van der Waals surface area contributed by atoms with Crippen LogP contribution >= 0.6 is 11.8 Å². The number of benzene rings is 2. The third-order valence-electron chi connectivity index (χ3n) is 3.26. The maximum absolute atomic E-state index is 14.0. The third-order valence-corrected chi connectivity index (χ3v) is 4.32. The molecule has 0 unspecified atom stereocenters. The predicted octanol–water partition coefficient (Wildman–Crippen LogP) is 5.12. The van der Waals surface area contributed by atoms with Crippen molar-refractivity contribution in [1.29, 1.82) is 0 Å². The van der Waals surface area contributed by atoms with Crippen LogP contribution < -0.4 is 5.73 Å². The Morgan fingerprint density at radius 2 is 1.55 bits per heavy atom. The van der Waals surface area contributed by atoms with Crippen LogP contribution in [0.4, 0.5) is 4.39 Å². The summed E-state index contributed by atoms with van der Waals surface area (Å²) in [6.07, 6.45) is 0. The van der Waals surface area contributed by atoms with Crippen molar-refractivity contribution in [3.8, 4) is 0 Å². The Hall–Kier alpha value is -1.32. The zero-order chi connectivity index (χ0) is 14.7. The van der Waals surface area contributed by atoms with Crippen molar-refractivity contribution in [3.05, 3.63) is 59.4 Å². The van der Waals surface area contributed by atoms with Gasteiger partial charge in [0.25, 0.3) is 0 Å². The second-order valence-corrected chi connectivity index (χ2v) is 6.42. The van der Waals surface area contributed by atoms with Crippen molar-refractivity contribution in [2.24, 2.45) is 5.73 Å². The van der Waals surface area contributed by atoms with Crippen LogP contribution in [-0.4, -0.2) is 0 Å². The van der Waals surface area contributed by atoms with Crippen LogP contribution in [0.15, 0.2) is 52.3 Å². The smallest absolute Gasteiger partial charge is 0.137 e. The predicted molar refractivity (Wildman–Crippen MR) is 83.7 cm³/mol. The summed E-state index contributed by atoms with van der Waals surface area (Å²) in [6, 6.07) is 13.3. The van der Waals surface area contributed by atoms with Gasteiger partial charge in [0.05, 0.1) is 0 Å². The molecule has 2 rings (SSSR count). The van der Waals surface area contributed by atoms with Crippen LogP contribution in [0.25, 0.3) is 0 Å². The molecule has 106 valence electrons. The number of rotatable bonds is 4. The normalized spacial score (nSPS) is 12.7. The van der Waals surface area contributed by atoms with Crippen LogP contribution in [0, 0.1) is 5.82 Å². The average Bonchev–Trinajstić information content (AvgIpc) is 2.41. The zero-order valence-corrected chi connectivity index (χ0v) is 12.9. The molecule has 0 bridgehead atoms. The van der Waals surface area contributed by atoms with Crippen molar-refractivity contribution < 1.29 is 4.39 Å². The van der Waals surface area contributed by atoms with E-state index in [9.17, 15) is 4.39 Å². The molecule has 0 fully saturated rings. The van der Waals surface area contributed by atoms with Gasteiger partial charge in [-0.2, -0.15) is 0 Å². The molecule has 0 amide bonds. The number of hydrogen-bond donors (Lipinski definition) is 1. The number of halogens is 1. The zero-order valence-electron chi connectivity index (χ0n) is 12.1. The Morgan fingerprint density at radius 3 is 2.05 bits per heavy atom. The molecule has 2 N–H and O–H groups in total. The number of nitrogens with two attached hydrogens (primary N) is 1. The van der Waals surface area contributed by atoms with E-state index in [-0.39, 0.29) is 11.9 Å². The van der Waals surface area contributed by atoms with Gasteiger partial charge in [-0.25, -0.2) is 4.39 Å². The minimum absolute atomic E-state index is 0.145. The molecule has 0 saturated carbocycles. The summed E-state index contributed by atoms with van der Waals surface area (Å²) in [5.74, 6) is 0.300. The van der Waals surface area contributed by atoms with Crippen molar-refractivity contribution in [2.45, 2.75) is 42.5 Å². The first-order valence-electron chi connectivity index (χ1n) is 6.80.